The number of benzene rings is 1. The molecule has 0 fully saturated rings. The van der Waals surface area contributed by atoms with Crippen LogP contribution in [-0.4, -0.2) is 20.2 Å². The molecule has 1 aromatic heterocycles. The van der Waals surface area contributed by atoms with Gasteiger partial charge in [-0.05, 0) is 0 Å². The SMILES string of the molecule is CC(C)(C)n1nnc(-c2cccc[c]2[Zn][Br])n1. The Morgan fingerprint density at radius 1 is 1.24 bits per heavy atom. The molecule has 86 valence electrons. The van der Waals surface area contributed by atoms with Crippen LogP contribution in [0.25, 0.3) is 11.4 Å². The zero-order valence-corrected chi connectivity index (χ0v) is 14.7. The van der Waals surface area contributed by atoms with Gasteiger partial charge in [0.15, 0.2) is 0 Å². The molecule has 1 aromatic carbocycles. The number of hydrogen-bond donors (Lipinski definition) is 0. The van der Waals surface area contributed by atoms with Crippen molar-refractivity contribution in [3.05, 3.63) is 24.3 Å². The van der Waals surface area contributed by atoms with Gasteiger partial charge >= 0.3 is 115 Å². The normalized spacial score (nSPS) is 11.3. The molecule has 0 aliphatic carbocycles. The monoisotopic (exact) mass is 344 g/mol. The average Bonchev–Trinajstić information content (AvgIpc) is 2.77. The van der Waals surface area contributed by atoms with E-state index in [1.807, 2.05) is 6.07 Å². The first-order chi connectivity index (χ1) is 8.02. The molecule has 4 nitrogen and oxygen atoms in total. The molecule has 0 spiro atoms. The summed E-state index contributed by atoms with van der Waals surface area (Å²) in [6.45, 7) is 6.19. The average molecular weight is 347 g/mol. The summed E-state index contributed by atoms with van der Waals surface area (Å²) in [6.07, 6.45) is 0. The Morgan fingerprint density at radius 3 is 2.53 bits per heavy atom. The van der Waals surface area contributed by atoms with Crippen LogP contribution in [0.15, 0.2) is 24.3 Å². The second-order valence-corrected chi connectivity index (χ2v) is 9.94. The molecule has 17 heavy (non-hydrogen) atoms. The minimum atomic E-state index is -0.829. The Balaban J connectivity index is 2.44. The Labute approximate surface area is 115 Å². The molecule has 0 atom stereocenters. The van der Waals surface area contributed by atoms with Crippen LogP contribution >= 0.6 is 13.6 Å². The second-order valence-electron chi connectivity index (χ2n) is 4.86. The molecule has 0 radical (unpaired) electrons. The van der Waals surface area contributed by atoms with E-state index in [-0.39, 0.29) is 5.54 Å². The fourth-order valence-corrected chi connectivity index (χ4v) is 5.36. The zero-order valence-electron chi connectivity index (χ0n) is 10.2. The molecule has 6 heteroatoms. The standard InChI is InChI=1S/C11H13N4.BrH.Zn/c1-11(2,3)15-13-10(12-14-15)9-7-5-4-6-8-9;;/h4-7H,1-3H3;1H;/q;;+1/p-1. The molecule has 0 bridgehead atoms. The summed E-state index contributed by atoms with van der Waals surface area (Å²) in [5.74, 6) is 0.723. The molecule has 0 amide bonds. The van der Waals surface area contributed by atoms with Crippen LogP contribution in [0.3, 0.4) is 0 Å². The van der Waals surface area contributed by atoms with Crippen LogP contribution in [0.5, 0.6) is 0 Å². The molecule has 0 N–H and O–H groups in total. The van der Waals surface area contributed by atoms with Crippen molar-refractivity contribution in [3.8, 4) is 11.4 Å². The molecule has 0 aliphatic heterocycles. The summed E-state index contributed by atoms with van der Waals surface area (Å²) in [6, 6.07) is 8.27. The van der Waals surface area contributed by atoms with E-state index in [2.05, 4.69) is 68.0 Å². The Bertz CT molecular complexity index is 518. The van der Waals surface area contributed by atoms with Gasteiger partial charge in [0.1, 0.15) is 0 Å². The zero-order chi connectivity index (χ0) is 12.5. The third kappa shape index (κ3) is 2.80. The van der Waals surface area contributed by atoms with E-state index in [0.29, 0.717) is 0 Å². The number of tetrazole rings is 1. The predicted octanol–water partition coefficient (Wildman–Crippen LogP) is 2.11. The van der Waals surface area contributed by atoms with Gasteiger partial charge in [0.2, 0.25) is 0 Å². The van der Waals surface area contributed by atoms with E-state index in [4.69, 9.17) is 0 Å². The summed E-state index contributed by atoms with van der Waals surface area (Å²) >= 11 is 2.83. The van der Waals surface area contributed by atoms with Crippen LogP contribution in [0.2, 0.25) is 0 Å². The van der Waals surface area contributed by atoms with Crippen LogP contribution in [0.4, 0.5) is 0 Å². The molecule has 1 heterocycles. The summed E-state index contributed by atoms with van der Waals surface area (Å²) in [4.78, 5) is 1.67. The van der Waals surface area contributed by atoms with Gasteiger partial charge in [0.25, 0.3) is 0 Å². The Kier molecular flexibility index (Phi) is 3.74. The Morgan fingerprint density at radius 2 is 1.94 bits per heavy atom. The number of aromatic nitrogens is 4. The summed E-state index contributed by atoms with van der Waals surface area (Å²) in [5.41, 5.74) is 0.982. The van der Waals surface area contributed by atoms with Gasteiger partial charge in [0, 0.05) is 0 Å². The number of nitrogens with zero attached hydrogens (tertiary/aromatic N) is 4. The molecule has 0 unspecified atom stereocenters. The van der Waals surface area contributed by atoms with Gasteiger partial charge in [-0.3, -0.25) is 0 Å². The fraction of sp³-hybridized carbons (Fsp3) is 0.364. The molecular weight excluding hydrogens is 333 g/mol. The summed E-state index contributed by atoms with van der Waals surface area (Å²) < 4.78 is 1.36. The number of hydrogen-bond acceptors (Lipinski definition) is 3. The van der Waals surface area contributed by atoms with Gasteiger partial charge < -0.3 is 0 Å². The van der Waals surface area contributed by atoms with Crippen molar-refractivity contribution < 1.29 is 15.2 Å². The van der Waals surface area contributed by atoms with E-state index >= 15 is 0 Å². The predicted molar refractivity (Wildman–Crippen MR) is 66.8 cm³/mol. The van der Waals surface area contributed by atoms with E-state index in [0.717, 1.165) is 11.4 Å². The topological polar surface area (TPSA) is 43.6 Å². The van der Waals surface area contributed by atoms with Crippen molar-refractivity contribution in [1.82, 2.24) is 20.2 Å². The fourth-order valence-electron chi connectivity index (χ4n) is 1.46. The van der Waals surface area contributed by atoms with Crippen LogP contribution < -0.4 is 4.16 Å². The summed E-state index contributed by atoms with van der Waals surface area (Å²) in [5, 5.41) is 12.7. The van der Waals surface area contributed by atoms with Gasteiger partial charge in [-0.25, -0.2) is 0 Å². The van der Waals surface area contributed by atoms with E-state index in [1.165, 1.54) is 4.16 Å². The third-order valence-corrected chi connectivity index (χ3v) is 7.45. The summed E-state index contributed by atoms with van der Waals surface area (Å²) in [7, 11) is 0. The van der Waals surface area contributed by atoms with Crippen molar-refractivity contribution in [2.45, 2.75) is 26.3 Å². The Hall–Kier alpha value is -0.607. The molecule has 2 aromatic rings. The number of halogens is 1. The maximum atomic E-state index is 4.46. The van der Waals surface area contributed by atoms with Crippen LogP contribution in [0.1, 0.15) is 20.8 Å². The van der Waals surface area contributed by atoms with E-state index in [1.54, 1.807) is 4.80 Å². The van der Waals surface area contributed by atoms with Gasteiger partial charge in [-0.2, -0.15) is 0 Å². The van der Waals surface area contributed by atoms with Gasteiger partial charge in [-0.15, -0.1) is 0 Å². The van der Waals surface area contributed by atoms with E-state index < -0.39 is 15.2 Å². The van der Waals surface area contributed by atoms with Crippen molar-refractivity contribution in [3.63, 3.8) is 0 Å². The minimum absolute atomic E-state index is 0.129. The first-order valence-corrected chi connectivity index (χ1v) is 13.9. The van der Waals surface area contributed by atoms with Crippen molar-refractivity contribution >= 4 is 17.8 Å². The first-order valence-electron chi connectivity index (χ1n) is 5.47. The molecule has 0 saturated heterocycles. The molecule has 0 aliphatic rings. The first kappa shape index (κ1) is 12.8. The molecular formula is C11H13BrN4Zn. The third-order valence-electron chi connectivity index (χ3n) is 2.42. The molecule has 0 saturated carbocycles. The van der Waals surface area contributed by atoms with Crippen LogP contribution in [0, 0.1) is 0 Å². The second kappa shape index (κ2) is 4.95. The van der Waals surface area contributed by atoms with Gasteiger partial charge in [-0.1, -0.05) is 0 Å². The van der Waals surface area contributed by atoms with Crippen LogP contribution in [-0.2, 0) is 20.7 Å². The maximum absolute atomic E-state index is 4.46. The van der Waals surface area contributed by atoms with Gasteiger partial charge in [0.05, 0.1) is 0 Å². The van der Waals surface area contributed by atoms with Crippen molar-refractivity contribution in [1.29, 1.82) is 0 Å². The van der Waals surface area contributed by atoms with E-state index in [9.17, 15) is 0 Å². The quantitative estimate of drug-likeness (QED) is 0.782. The van der Waals surface area contributed by atoms with Crippen molar-refractivity contribution in [2.75, 3.05) is 0 Å². The number of rotatable bonds is 2. The van der Waals surface area contributed by atoms with Crippen molar-refractivity contribution in [2.24, 2.45) is 0 Å². The molecule has 2 rings (SSSR count).